The molecule has 3 rings (SSSR count). The van der Waals surface area contributed by atoms with E-state index < -0.39 is 11.9 Å². The zero-order valence-electron chi connectivity index (χ0n) is 15.0. The summed E-state index contributed by atoms with van der Waals surface area (Å²) in [4.78, 5) is 38.1. The molecule has 9 nitrogen and oxygen atoms in total. The molecule has 0 aromatic heterocycles. The number of anilines is 1. The summed E-state index contributed by atoms with van der Waals surface area (Å²) in [5.74, 6) is -0.486. The highest BCUT2D eigenvalue weighted by atomic mass is 16.6. The van der Waals surface area contributed by atoms with Crippen LogP contribution in [-0.4, -0.2) is 67.7 Å². The van der Waals surface area contributed by atoms with Gasteiger partial charge in [-0.25, -0.2) is 4.79 Å². The Morgan fingerprint density at radius 1 is 1.26 bits per heavy atom. The number of β-amino-alcohol motifs (C(OH)–C–C–N with tert-alkyl or cyclic N) is 1. The highest BCUT2D eigenvalue weighted by Crippen LogP contribution is 2.37. The minimum absolute atomic E-state index is 0.00829. The van der Waals surface area contributed by atoms with Crippen LogP contribution in [0.4, 0.5) is 5.69 Å². The van der Waals surface area contributed by atoms with Gasteiger partial charge in [-0.3, -0.25) is 9.59 Å². The summed E-state index contributed by atoms with van der Waals surface area (Å²) in [6.45, 7) is 1.98. The first-order valence-electron chi connectivity index (χ1n) is 8.39. The number of hydrogen-bond acceptors (Lipinski definition) is 8. The monoisotopic (exact) mass is 376 g/mol. The molecule has 0 saturated carbocycles. The first-order valence-corrected chi connectivity index (χ1v) is 8.39. The molecule has 2 aliphatic rings. The second kappa shape index (κ2) is 7.67. The Balaban J connectivity index is 2.02. The number of carbonyl (C=O) groups excluding carboxylic acids is 3. The van der Waals surface area contributed by atoms with E-state index in [1.807, 2.05) is 0 Å². The average molecular weight is 376 g/mol. The van der Waals surface area contributed by atoms with Crippen molar-refractivity contribution in [2.75, 3.05) is 45.3 Å². The zero-order chi connectivity index (χ0) is 19.6. The number of fused-ring (bicyclic) bond motifs is 1. The van der Waals surface area contributed by atoms with Gasteiger partial charge in [-0.2, -0.15) is 0 Å². The summed E-state index contributed by atoms with van der Waals surface area (Å²) in [6.07, 6.45) is 0. The number of aliphatic hydroxyl groups is 1. The van der Waals surface area contributed by atoms with E-state index in [1.54, 1.807) is 12.1 Å². The van der Waals surface area contributed by atoms with Crippen molar-refractivity contribution < 1.29 is 33.7 Å². The Hall–Kier alpha value is -3.07. The molecule has 2 N–H and O–H groups in total. The molecule has 0 atom stereocenters. The molecule has 144 valence electrons. The van der Waals surface area contributed by atoms with Gasteiger partial charge in [0.1, 0.15) is 18.9 Å². The molecule has 27 heavy (non-hydrogen) atoms. The van der Waals surface area contributed by atoms with Crippen LogP contribution in [0.15, 0.2) is 23.4 Å². The normalized spacial score (nSPS) is 15.8. The van der Waals surface area contributed by atoms with Crippen molar-refractivity contribution in [2.24, 2.45) is 0 Å². The van der Waals surface area contributed by atoms with Crippen LogP contribution in [0.5, 0.6) is 11.5 Å². The highest BCUT2D eigenvalue weighted by molar-refractivity contribution is 6.10. The van der Waals surface area contributed by atoms with Gasteiger partial charge in [-0.1, -0.05) is 0 Å². The number of amides is 1. The van der Waals surface area contributed by atoms with Crippen molar-refractivity contribution in [2.45, 2.75) is 6.92 Å². The SMILES string of the molecule is COC(=O)C1=C(Nc2cc3c(cc2C(C)=O)OCCO3)C(=O)N(CCO)C1. The van der Waals surface area contributed by atoms with Crippen LogP contribution in [0.1, 0.15) is 17.3 Å². The third-order valence-electron chi connectivity index (χ3n) is 4.27. The number of rotatable bonds is 6. The number of ether oxygens (including phenoxy) is 3. The largest absolute Gasteiger partial charge is 0.486 e. The number of Topliss-reactive ketones (excluding diaryl/α,β-unsaturated/α-hetero) is 1. The summed E-state index contributed by atoms with van der Waals surface area (Å²) in [5.41, 5.74) is 0.751. The van der Waals surface area contributed by atoms with E-state index in [1.165, 1.54) is 18.9 Å². The van der Waals surface area contributed by atoms with Gasteiger partial charge in [0, 0.05) is 18.2 Å². The molecule has 0 aliphatic carbocycles. The van der Waals surface area contributed by atoms with Crippen molar-refractivity contribution in [3.63, 3.8) is 0 Å². The van der Waals surface area contributed by atoms with E-state index in [0.29, 0.717) is 36.0 Å². The number of carbonyl (C=O) groups is 3. The second-order valence-corrected chi connectivity index (χ2v) is 6.02. The maximum Gasteiger partial charge on any atom is 0.337 e. The first-order chi connectivity index (χ1) is 13.0. The van der Waals surface area contributed by atoms with Crippen LogP contribution in [0.25, 0.3) is 0 Å². The Kier molecular flexibility index (Phi) is 5.31. The lowest BCUT2D eigenvalue weighted by molar-refractivity contribution is -0.136. The van der Waals surface area contributed by atoms with Gasteiger partial charge in [0.15, 0.2) is 17.3 Å². The van der Waals surface area contributed by atoms with Gasteiger partial charge < -0.3 is 29.5 Å². The predicted octanol–water partition coefficient (Wildman–Crippen LogP) is 0.334. The lowest BCUT2D eigenvalue weighted by Gasteiger charge is -2.21. The van der Waals surface area contributed by atoms with Gasteiger partial charge >= 0.3 is 5.97 Å². The number of nitrogens with zero attached hydrogens (tertiary/aromatic N) is 1. The number of esters is 1. The lowest BCUT2D eigenvalue weighted by Crippen LogP contribution is -2.31. The molecule has 0 unspecified atom stereocenters. The number of ketones is 1. The molecule has 0 bridgehead atoms. The topological polar surface area (TPSA) is 114 Å². The summed E-state index contributed by atoms with van der Waals surface area (Å²) >= 11 is 0. The van der Waals surface area contributed by atoms with Crippen LogP contribution in [0.2, 0.25) is 0 Å². The highest BCUT2D eigenvalue weighted by Gasteiger charge is 2.35. The standard InChI is InChI=1S/C18H20N2O7/c1-10(22)11-7-14-15(27-6-5-26-14)8-13(11)19-16-12(18(24)25-2)9-20(3-4-21)17(16)23/h7-8,19,21H,3-6,9H2,1-2H3. The summed E-state index contributed by atoms with van der Waals surface area (Å²) in [5, 5.41) is 12.0. The van der Waals surface area contributed by atoms with Crippen LogP contribution >= 0.6 is 0 Å². The van der Waals surface area contributed by atoms with Crippen molar-refractivity contribution in [1.29, 1.82) is 0 Å². The maximum atomic E-state index is 12.6. The second-order valence-electron chi connectivity index (χ2n) is 6.02. The van der Waals surface area contributed by atoms with Gasteiger partial charge in [-0.05, 0) is 13.0 Å². The fraction of sp³-hybridized carbons (Fsp3) is 0.389. The molecule has 9 heteroatoms. The van der Waals surface area contributed by atoms with Gasteiger partial charge in [0.2, 0.25) is 0 Å². The molecule has 1 aromatic carbocycles. The Morgan fingerprint density at radius 3 is 2.52 bits per heavy atom. The summed E-state index contributed by atoms with van der Waals surface area (Å²) in [7, 11) is 1.22. The molecule has 0 radical (unpaired) electrons. The van der Waals surface area contributed by atoms with Gasteiger partial charge in [0.25, 0.3) is 5.91 Å². The van der Waals surface area contributed by atoms with Crippen LogP contribution in [0, 0.1) is 0 Å². The molecule has 0 saturated heterocycles. The third kappa shape index (κ3) is 3.59. The van der Waals surface area contributed by atoms with E-state index in [2.05, 4.69) is 5.32 Å². The molecule has 2 aliphatic heterocycles. The fourth-order valence-electron chi connectivity index (χ4n) is 2.97. The van der Waals surface area contributed by atoms with E-state index in [9.17, 15) is 14.4 Å². The van der Waals surface area contributed by atoms with Crippen LogP contribution in [-0.2, 0) is 14.3 Å². The van der Waals surface area contributed by atoms with E-state index in [-0.39, 0.29) is 36.7 Å². The number of benzene rings is 1. The predicted molar refractivity (Wildman–Crippen MR) is 93.8 cm³/mol. The Morgan fingerprint density at radius 2 is 1.93 bits per heavy atom. The quantitative estimate of drug-likeness (QED) is 0.539. The summed E-state index contributed by atoms with van der Waals surface area (Å²) in [6, 6.07) is 3.11. The number of hydrogen-bond donors (Lipinski definition) is 2. The van der Waals surface area contributed by atoms with Gasteiger partial charge in [-0.15, -0.1) is 0 Å². The molecule has 0 fully saturated rings. The van der Waals surface area contributed by atoms with E-state index in [4.69, 9.17) is 19.3 Å². The lowest BCUT2D eigenvalue weighted by atomic mass is 10.1. The smallest absolute Gasteiger partial charge is 0.337 e. The first kappa shape index (κ1) is 18.7. The number of aliphatic hydroxyl groups excluding tert-OH is 1. The molecule has 0 spiro atoms. The fourth-order valence-corrected chi connectivity index (χ4v) is 2.97. The van der Waals surface area contributed by atoms with Crippen molar-refractivity contribution in [3.05, 3.63) is 29.0 Å². The van der Waals surface area contributed by atoms with Crippen LogP contribution in [0.3, 0.4) is 0 Å². The average Bonchev–Trinajstić information content (AvgIpc) is 2.96. The van der Waals surface area contributed by atoms with E-state index >= 15 is 0 Å². The van der Waals surface area contributed by atoms with Crippen LogP contribution < -0.4 is 14.8 Å². The zero-order valence-corrected chi connectivity index (χ0v) is 15.0. The maximum absolute atomic E-state index is 12.6. The Labute approximate surface area is 155 Å². The minimum atomic E-state index is -0.659. The Bertz CT molecular complexity index is 831. The number of methoxy groups -OCH3 is 1. The van der Waals surface area contributed by atoms with Crippen molar-refractivity contribution in [3.8, 4) is 11.5 Å². The molecule has 2 heterocycles. The third-order valence-corrected chi connectivity index (χ3v) is 4.27. The molecular weight excluding hydrogens is 356 g/mol. The number of nitrogens with one attached hydrogen (secondary N) is 1. The molecular formula is C18H20N2O7. The van der Waals surface area contributed by atoms with E-state index in [0.717, 1.165) is 0 Å². The van der Waals surface area contributed by atoms with Crippen molar-refractivity contribution >= 4 is 23.3 Å². The minimum Gasteiger partial charge on any atom is -0.486 e. The summed E-state index contributed by atoms with van der Waals surface area (Å²) < 4.78 is 15.8. The van der Waals surface area contributed by atoms with Gasteiger partial charge in [0.05, 0.1) is 31.5 Å². The van der Waals surface area contributed by atoms with Crippen molar-refractivity contribution in [1.82, 2.24) is 4.90 Å². The molecule has 1 aromatic rings. The molecule has 1 amide bonds.